The van der Waals surface area contributed by atoms with Gasteiger partial charge in [0.25, 0.3) is 0 Å². The predicted molar refractivity (Wildman–Crippen MR) is 77.2 cm³/mol. The number of guanidine groups is 1. The minimum Gasteiger partial charge on any atom is -0.370 e. The molecule has 1 aromatic carbocycles. The van der Waals surface area contributed by atoms with Crippen LogP contribution in [0, 0.1) is 5.82 Å². The van der Waals surface area contributed by atoms with Gasteiger partial charge in [-0.3, -0.25) is 4.99 Å². The van der Waals surface area contributed by atoms with E-state index in [0.717, 1.165) is 29.4 Å². The highest BCUT2D eigenvalue weighted by molar-refractivity contribution is 9.10. The maximum atomic E-state index is 13.5. The second-order valence-corrected chi connectivity index (χ2v) is 4.95. The van der Waals surface area contributed by atoms with Gasteiger partial charge in [-0.25, -0.2) is 4.39 Å². The van der Waals surface area contributed by atoms with E-state index in [1.807, 2.05) is 13.0 Å². The summed E-state index contributed by atoms with van der Waals surface area (Å²) < 4.78 is 14.3. The largest absolute Gasteiger partial charge is 0.370 e. The van der Waals surface area contributed by atoms with Crippen LogP contribution in [-0.4, -0.2) is 19.0 Å². The molecule has 0 aliphatic rings. The third-order valence-corrected chi connectivity index (χ3v) is 2.94. The summed E-state index contributed by atoms with van der Waals surface area (Å²) in [5.74, 6) is 0.296. The summed E-state index contributed by atoms with van der Waals surface area (Å²) in [7, 11) is 0. The van der Waals surface area contributed by atoms with Gasteiger partial charge in [0.15, 0.2) is 5.96 Å². The first kappa shape index (κ1) is 15.0. The van der Waals surface area contributed by atoms with Gasteiger partial charge in [-0.1, -0.05) is 28.9 Å². The smallest absolute Gasteiger partial charge is 0.188 e. The van der Waals surface area contributed by atoms with Crippen molar-refractivity contribution in [2.75, 3.05) is 13.1 Å². The predicted octanol–water partition coefficient (Wildman–Crippen LogP) is 2.84. The fourth-order valence-corrected chi connectivity index (χ4v) is 1.84. The van der Waals surface area contributed by atoms with Crippen LogP contribution in [0.4, 0.5) is 4.39 Å². The number of nitrogens with one attached hydrogen (secondary N) is 1. The number of aliphatic imine (C=N–C) groups is 1. The summed E-state index contributed by atoms with van der Waals surface area (Å²) in [4.78, 5) is 4.12. The van der Waals surface area contributed by atoms with Crippen LogP contribution in [0.1, 0.15) is 25.3 Å². The van der Waals surface area contributed by atoms with E-state index in [9.17, 15) is 4.39 Å². The van der Waals surface area contributed by atoms with E-state index in [2.05, 4.69) is 26.2 Å². The highest BCUT2D eigenvalue weighted by atomic mass is 79.9. The Kier molecular flexibility index (Phi) is 6.72. The molecule has 0 saturated heterocycles. The zero-order valence-electron chi connectivity index (χ0n) is 10.5. The van der Waals surface area contributed by atoms with Crippen molar-refractivity contribution < 1.29 is 4.39 Å². The van der Waals surface area contributed by atoms with Crippen LogP contribution in [0.15, 0.2) is 27.7 Å². The van der Waals surface area contributed by atoms with Gasteiger partial charge in [0, 0.05) is 17.6 Å². The average Bonchev–Trinajstić information content (AvgIpc) is 2.34. The highest BCUT2D eigenvalue weighted by Crippen LogP contribution is 2.16. The van der Waals surface area contributed by atoms with Gasteiger partial charge in [-0.05, 0) is 37.0 Å². The molecular formula is C13H19BrFN3. The molecule has 3 N–H and O–H groups in total. The second-order valence-electron chi connectivity index (χ2n) is 4.03. The first-order valence-corrected chi connectivity index (χ1v) is 6.90. The highest BCUT2D eigenvalue weighted by Gasteiger charge is 2.02. The lowest BCUT2D eigenvalue weighted by atomic mass is 10.1. The van der Waals surface area contributed by atoms with Gasteiger partial charge in [-0.15, -0.1) is 0 Å². The molecule has 0 heterocycles. The molecule has 0 aliphatic heterocycles. The topological polar surface area (TPSA) is 50.4 Å². The number of benzene rings is 1. The maximum Gasteiger partial charge on any atom is 0.188 e. The lowest BCUT2D eigenvalue weighted by Gasteiger charge is -2.06. The number of rotatable bonds is 6. The van der Waals surface area contributed by atoms with Crippen molar-refractivity contribution >= 4 is 21.9 Å². The Hall–Kier alpha value is -1.10. The quantitative estimate of drug-likeness (QED) is 0.482. The molecule has 0 aliphatic carbocycles. The monoisotopic (exact) mass is 315 g/mol. The van der Waals surface area contributed by atoms with Gasteiger partial charge in [0.2, 0.25) is 0 Å². The second kappa shape index (κ2) is 8.08. The van der Waals surface area contributed by atoms with Crippen LogP contribution >= 0.6 is 15.9 Å². The molecule has 0 saturated carbocycles. The van der Waals surface area contributed by atoms with Crippen LogP contribution in [0.3, 0.4) is 0 Å². The van der Waals surface area contributed by atoms with E-state index in [4.69, 9.17) is 5.73 Å². The maximum absolute atomic E-state index is 13.5. The van der Waals surface area contributed by atoms with Crippen molar-refractivity contribution in [2.45, 2.75) is 26.2 Å². The summed E-state index contributed by atoms with van der Waals surface area (Å²) in [6.45, 7) is 3.49. The van der Waals surface area contributed by atoms with E-state index in [1.54, 1.807) is 6.07 Å². The minimum atomic E-state index is -0.169. The Morgan fingerprint density at radius 1 is 1.50 bits per heavy atom. The van der Waals surface area contributed by atoms with E-state index in [-0.39, 0.29) is 5.82 Å². The molecule has 0 radical (unpaired) electrons. The van der Waals surface area contributed by atoms with Gasteiger partial charge >= 0.3 is 0 Å². The van der Waals surface area contributed by atoms with Crippen LogP contribution in [0.25, 0.3) is 0 Å². The molecule has 0 atom stereocenters. The van der Waals surface area contributed by atoms with Crippen molar-refractivity contribution in [1.82, 2.24) is 5.32 Å². The fourth-order valence-electron chi connectivity index (χ4n) is 1.51. The Morgan fingerprint density at radius 3 is 2.94 bits per heavy atom. The molecule has 5 heteroatoms. The molecule has 0 aromatic heterocycles. The summed E-state index contributed by atoms with van der Waals surface area (Å²) in [6, 6.07) is 5.14. The minimum absolute atomic E-state index is 0.169. The standard InChI is InChI=1S/C13H19BrFN3/c1-2-7-17-13(16)18-8-3-4-10-5-6-11(14)9-12(10)15/h5-6,9H,2-4,7-8H2,1H3,(H3,16,17,18). The Morgan fingerprint density at radius 2 is 2.28 bits per heavy atom. The third kappa shape index (κ3) is 5.49. The van der Waals surface area contributed by atoms with Crippen LogP contribution in [0.2, 0.25) is 0 Å². The van der Waals surface area contributed by atoms with Crippen molar-refractivity contribution in [3.63, 3.8) is 0 Å². The van der Waals surface area contributed by atoms with Crippen LogP contribution in [-0.2, 0) is 6.42 Å². The number of nitrogens with zero attached hydrogens (tertiary/aromatic N) is 1. The number of aryl methyl sites for hydroxylation is 1. The zero-order valence-corrected chi connectivity index (χ0v) is 12.1. The molecule has 100 valence electrons. The third-order valence-electron chi connectivity index (χ3n) is 2.45. The summed E-state index contributed by atoms with van der Waals surface area (Å²) >= 11 is 3.24. The molecule has 0 amide bonds. The van der Waals surface area contributed by atoms with Crippen LogP contribution in [0.5, 0.6) is 0 Å². The molecule has 3 nitrogen and oxygen atoms in total. The van der Waals surface area contributed by atoms with Crippen molar-refractivity contribution in [1.29, 1.82) is 0 Å². The zero-order chi connectivity index (χ0) is 13.4. The molecular weight excluding hydrogens is 297 g/mol. The molecule has 1 aromatic rings. The van der Waals surface area contributed by atoms with Crippen molar-refractivity contribution in [3.05, 3.63) is 34.1 Å². The molecule has 1 rings (SSSR count). The average molecular weight is 316 g/mol. The molecule has 18 heavy (non-hydrogen) atoms. The lowest BCUT2D eigenvalue weighted by Crippen LogP contribution is -2.32. The summed E-state index contributed by atoms with van der Waals surface area (Å²) in [5.41, 5.74) is 6.37. The first-order valence-electron chi connectivity index (χ1n) is 6.11. The normalized spacial score (nSPS) is 11.6. The van der Waals surface area contributed by atoms with Gasteiger partial charge < -0.3 is 11.1 Å². The molecule has 0 bridgehead atoms. The molecule has 0 unspecified atom stereocenters. The first-order chi connectivity index (χ1) is 8.63. The Balaban J connectivity index is 2.29. The Bertz CT molecular complexity index is 407. The summed E-state index contributed by atoms with van der Waals surface area (Å²) in [5, 5.41) is 3.01. The van der Waals surface area contributed by atoms with Crippen LogP contribution < -0.4 is 11.1 Å². The Labute approximate surface area is 116 Å². The molecule has 0 spiro atoms. The number of halogens is 2. The van der Waals surface area contributed by atoms with E-state index in [0.29, 0.717) is 18.9 Å². The number of hydrogen-bond acceptors (Lipinski definition) is 1. The van der Waals surface area contributed by atoms with Gasteiger partial charge in [0.1, 0.15) is 5.82 Å². The van der Waals surface area contributed by atoms with Crippen molar-refractivity contribution in [2.24, 2.45) is 10.7 Å². The van der Waals surface area contributed by atoms with Gasteiger partial charge in [-0.2, -0.15) is 0 Å². The van der Waals surface area contributed by atoms with E-state index >= 15 is 0 Å². The molecule has 0 fully saturated rings. The van der Waals surface area contributed by atoms with Crippen molar-refractivity contribution in [3.8, 4) is 0 Å². The SMILES string of the molecule is CCCN=C(N)NCCCc1ccc(Br)cc1F. The van der Waals surface area contributed by atoms with Gasteiger partial charge in [0.05, 0.1) is 0 Å². The van der Waals surface area contributed by atoms with E-state index in [1.165, 1.54) is 6.07 Å². The lowest BCUT2D eigenvalue weighted by molar-refractivity contribution is 0.602. The van der Waals surface area contributed by atoms with E-state index < -0.39 is 0 Å². The number of nitrogens with two attached hydrogens (primary N) is 1. The number of hydrogen-bond donors (Lipinski definition) is 2. The summed E-state index contributed by atoms with van der Waals surface area (Å²) in [6.07, 6.45) is 2.49. The fraction of sp³-hybridized carbons (Fsp3) is 0.462.